The highest BCUT2D eigenvalue weighted by atomic mass is 35.5. The second-order valence-corrected chi connectivity index (χ2v) is 9.54. The number of halogens is 1. The van der Waals surface area contributed by atoms with Crippen LogP contribution >= 0.6 is 11.6 Å². The summed E-state index contributed by atoms with van der Waals surface area (Å²) >= 11 is 6.26. The molecular weight excluding hydrogens is 472 g/mol. The lowest BCUT2D eigenvalue weighted by atomic mass is 9.99. The predicted molar refractivity (Wildman–Crippen MR) is 143 cm³/mol. The molecule has 0 fully saturated rings. The highest BCUT2D eigenvalue weighted by molar-refractivity contribution is 6.30. The van der Waals surface area contributed by atoms with Crippen LogP contribution in [0.1, 0.15) is 47.3 Å². The molecule has 0 saturated carbocycles. The standard InChI is InChI=1S/C30H31ClN2O3/c1-21-11-6-8-17-26(23-14-10-15-24(31)20-23)32-29(34)27(19-22-12-4-3-5-13-22)33(2)30(35)25-16-7-9-18-28(25)36-21/h3-10,12-16,18,20-21,26-27H,11,17,19H2,1-2H3,(H,32,34)/b8-6-/t21-,26-,27+/m0/s1. The Morgan fingerprint density at radius 3 is 2.44 bits per heavy atom. The molecule has 0 bridgehead atoms. The summed E-state index contributed by atoms with van der Waals surface area (Å²) in [6.45, 7) is 1.98. The zero-order valence-corrected chi connectivity index (χ0v) is 21.3. The Bertz CT molecular complexity index is 1230. The Hall–Kier alpha value is -3.57. The van der Waals surface area contributed by atoms with Crippen LogP contribution in [0.3, 0.4) is 0 Å². The van der Waals surface area contributed by atoms with Crippen LogP contribution in [0.15, 0.2) is 91.0 Å². The Morgan fingerprint density at radius 1 is 0.944 bits per heavy atom. The number of fused-ring (bicyclic) bond motifs is 1. The number of para-hydroxylation sites is 1. The van der Waals surface area contributed by atoms with Crippen molar-refractivity contribution in [3.05, 3.63) is 113 Å². The van der Waals surface area contributed by atoms with Gasteiger partial charge in [-0.2, -0.15) is 0 Å². The maximum Gasteiger partial charge on any atom is 0.258 e. The van der Waals surface area contributed by atoms with E-state index in [2.05, 4.69) is 17.5 Å². The van der Waals surface area contributed by atoms with Gasteiger partial charge in [0.1, 0.15) is 11.8 Å². The highest BCUT2D eigenvalue weighted by Crippen LogP contribution is 2.26. The van der Waals surface area contributed by atoms with Crippen molar-refractivity contribution < 1.29 is 14.3 Å². The van der Waals surface area contributed by atoms with Gasteiger partial charge in [0.25, 0.3) is 5.91 Å². The van der Waals surface area contributed by atoms with E-state index < -0.39 is 6.04 Å². The Labute approximate surface area is 217 Å². The van der Waals surface area contributed by atoms with Crippen molar-refractivity contribution in [2.75, 3.05) is 7.05 Å². The highest BCUT2D eigenvalue weighted by Gasteiger charge is 2.31. The monoisotopic (exact) mass is 502 g/mol. The lowest BCUT2D eigenvalue weighted by Gasteiger charge is -2.30. The molecule has 0 aromatic heterocycles. The van der Waals surface area contributed by atoms with Crippen molar-refractivity contribution in [1.82, 2.24) is 10.2 Å². The van der Waals surface area contributed by atoms with Gasteiger partial charge in [-0.3, -0.25) is 9.59 Å². The molecule has 0 saturated heterocycles. The summed E-state index contributed by atoms with van der Waals surface area (Å²) in [4.78, 5) is 29.0. The minimum absolute atomic E-state index is 0.122. The third-order valence-electron chi connectivity index (χ3n) is 6.38. The van der Waals surface area contributed by atoms with E-state index in [0.717, 1.165) is 11.1 Å². The Morgan fingerprint density at radius 2 is 1.67 bits per heavy atom. The number of hydrogen-bond acceptors (Lipinski definition) is 3. The van der Waals surface area contributed by atoms with Gasteiger partial charge in [-0.1, -0.05) is 78.4 Å². The van der Waals surface area contributed by atoms with Gasteiger partial charge >= 0.3 is 0 Å². The lowest BCUT2D eigenvalue weighted by molar-refractivity contribution is -0.126. The largest absolute Gasteiger partial charge is 0.490 e. The molecule has 0 unspecified atom stereocenters. The first kappa shape index (κ1) is 25.5. The maximum absolute atomic E-state index is 13.8. The van der Waals surface area contributed by atoms with E-state index in [0.29, 0.717) is 35.6 Å². The fourth-order valence-corrected chi connectivity index (χ4v) is 4.57. The average Bonchev–Trinajstić information content (AvgIpc) is 2.88. The van der Waals surface area contributed by atoms with Crippen molar-refractivity contribution >= 4 is 23.4 Å². The molecule has 1 heterocycles. The molecule has 0 aliphatic carbocycles. The number of ether oxygens (including phenoxy) is 1. The third-order valence-corrected chi connectivity index (χ3v) is 6.62. The van der Waals surface area contributed by atoms with Gasteiger partial charge in [0.2, 0.25) is 5.91 Å². The van der Waals surface area contributed by atoms with Gasteiger partial charge in [-0.25, -0.2) is 0 Å². The van der Waals surface area contributed by atoms with Crippen LogP contribution in [-0.2, 0) is 11.2 Å². The first-order valence-corrected chi connectivity index (χ1v) is 12.6. The molecule has 4 rings (SSSR count). The van der Waals surface area contributed by atoms with Crippen molar-refractivity contribution in [2.24, 2.45) is 0 Å². The normalized spacial score (nSPS) is 22.1. The third kappa shape index (κ3) is 6.35. The van der Waals surface area contributed by atoms with Gasteiger partial charge in [0.15, 0.2) is 0 Å². The van der Waals surface area contributed by atoms with Gasteiger partial charge in [-0.05, 0) is 48.7 Å². The van der Waals surface area contributed by atoms with E-state index in [1.807, 2.05) is 73.7 Å². The number of carbonyl (C=O) groups is 2. The number of carbonyl (C=O) groups excluding carboxylic acids is 2. The molecule has 1 N–H and O–H groups in total. The topological polar surface area (TPSA) is 58.6 Å². The first-order valence-electron chi connectivity index (χ1n) is 12.2. The molecule has 1 aliphatic rings. The summed E-state index contributed by atoms with van der Waals surface area (Å²) in [5.41, 5.74) is 2.32. The van der Waals surface area contributed by atoms with Crippen molar-refractivity contribution in [1.29, 1.82) is 0 Å². The molecule has 0 radical (unpaired) electrons. The minimum Gasteiger partial charge on any atom is -0.490 e. The van der Waals surface area contributed by atoms with Crippen LogP contribution < -0.4 is 10.1 Å². The van der Waals surface area contributed by atoms with Gasteiger partial charge < -0.3 is 15.0 Å². The molecule has 5 nitrogen and oxygen atoms in total. The molecule has 2 amide bonds. The van der Waals surface area contributed by atoms with Crippen molar-refractivity contribution in [2.45, 2.75) is 44.4 Å². The molecule has 1 aliphatic heterocycles. The molecule has 3 aromatic rings. The van der Waals surface area contributed by atoms with E-state index in [1.54, 1.807) is 19.2 Å². The number of hydrogen-bond donors (Lipinski definition) is 1. The fourth-order valence-electron chi connectivity index (χ4n) is 4.38. The molecule has 186 valence electrons. The zero-order chi connectivity index (χ0) is 25.5. The second kappa shape index (κ2) is 11.9. The smallest absolute Gasteiger partial charge is 0.258 e. The second-order valence-electron chi connectivity index (χ2n) is 9.11. The number of benzene rings is 3. The molecule has 0 spiro atoms. The van der Waals surface area contributed by atoms with E-state index in [4.69, 9.17) is 16.3 Å². The lowest BCUT2D eigenvalue weighted by Crippen LogP contribution is -2.49. The number of amides is 2. The Balaban J connectivity index is 1.73. The van der Waals surface area contributed by atoms with E-state index in [-0.39, 0.29) is 24.0 Å². The summed E-state index contributed by atoms with van der Waals surface area (Å²) in [6, 6.07) is 23.4. The molecule has 3 aromatic carbocycles. The fraction of sp³-hybridized carbons (Fsp3) is 0.267. The summed E-state index contributed by atoms with van der Waals surface area (Å²) in [6.07, 6.45) is 5.63. The van der Waals surface area contributed by atoms with Crippen LogP contribution in [0.2, 0.25) is 5.02 Å². The first-order chi connectivity index (χ1) is 17.4. The van der Waals surface area contributed by atoms with Crippen molar-refractivity contribution in [3.63, 3.8) is 0 Å². The zero-order valence-electron chi connectivity index (χ0n) is 20.6. The molecule has 36 heavy (non-hydrogen) atoms. The number of rotatable bonds is 3. The Kier molecular flexibility index (Phi) is 8.44. The predicted octanol–water partition coefficient (Wildman–Crippen LogP) is 6.00. The molecule has 3 atom stereocenters. The van der Waals surface area contributed by atoms with E-state index in [9.17, 15) is 9.59 Å². The minimum atomic E-state index is -0.723. The average molecular weight is 503 g/mol. The van der Waals surface area contributed by atoms with Gasteiger partial charge in [-0.15, -0.1) is 0 Å². The number of nitrogens with zero attached hydrogens (tertiary/aromatic N) is 1. The van der Waals surface area contributed by atoms with Crippen LogP contribution in [0.25, 0.3) is 0 Å². The molecule has 6 heteroatoms. The van der Waals surface area contributed by atoms with Crippen LogP contribution in [0, 0.1) is 0 Å². The maximum atomic E-state index is 13.8. The van der Waals surface area contributed by atoms with E-state index >= 15 is 0 Å². The van der Waals surface area contributed by atoms with Crippen LogP contribution in [0.5, 0.6) is 5.75 Å². The molecular formula is C30H31ClN2O3. The SMILES string of the molecule is C[C@H]1C/C=C\C[C@@H](c2cccc(Cl)c2)NC(=O)[C@@H](Cc2ccccc2)N(C)C(=O)c2ccccc2O1. The van der Waals surface area contributed by atoms with Crippen LogP contribution in [0.4, 0.5) is 0 Å². The van der Waals surface area contributed by atoms with Crippen molar-refractivity contribution in [3.8, 4) is 5.75 Å². The summed E-state index contributed by atoms with van der Waals surface area (Å²) in [5.74, 6) is 0.0284. The van der Waals surface area contributed by atoms with Gasteiger partial charge in [0, 0.05) is 24.9 Å². The number of nitrogens with one attached hydrogen (secondary N) is 1. The summed E-state index contributed by atoms with van der Waals surface area (Å²) in [5, 5.41) is 3.81. The van der Waals surface area contributed by atoms with Crippen LogP contribution in [-0.4, -0.2) is 35.9 Å². The summed E-state index contributed by atoms with van der Waals surface area (Å²) < 4.78 is 6.15. The number of likely N-dealkylation sites (N-methyl/N-ethyl adjacent to an activating group) is 1. The van der Waals surface area contributed by atoms with E-state index in [1.165, 1.54) is 4.90 Å². The summed E-state index contributed by atoms with van der Waals surface area (Å²) in [7, 11) is 1.68. The quantitative estimate of drug-likeness (QED) is 0.447. The van der Waals surface area contributed by atoms with Gasteiger partial charge in [0.05, 0.1) is 17.7 Å².